The average Bonchev–Trinajstić information content (AvgIpc) is 2.75. The lowest BCUT2D eigenvalue weighted by Crippen LogP contribution is -2.08. The van der Waals surface area contributed by atoms with Crippen LogP contribution in [-0.2, 0) is 17.3 Å². The molecule has 0 saturated heterocycles. The van der Waals surface area contributed by atoms with Crippen molar-refractivity contribution in [3.63, 3.8) is 0 Å². The lowest BCUT2D eigenvalue weighted by Gasteiger charge is -2.07. The fourth-order valence-corrected chi connectivity index (χ4v) is 2.86. The molecule has 0 aliphatic rings. The fraction of sp³-hybridized carbons (Fsp3) is 0.308. The molecule has 1 aromatic heterocycles. The van der Waals surface area contributed by atoms with Crippen LogP contribution < -0.4 is 5.73 Å². The maximum absolute atomic E-state index is 12.2. The SMILES string of the molecule is Cc1cc(S(=O)CCn2ccnc2C)ccc1N. The highest BCUT2D eigenvalue weighted by Crippen LogP contribution is 2.16. The first-order valence-corrected chi connectivity index (χ1v) is 7.12. The van der Waals surface area contributed by atoms with E-state index in [9.17, 15) is 4.21 Å². The van der Waals surface area contributed by atoms with E-state index in [2.05, 4.69) is 4.98 Å². The van der Waals surface area contributed by atoms with Crippen LogP contribution in [-0.4, -0.2) is 19.5 Å². The second-order valence-electron chi connectivity index (χ2n) is 4.24. The zero-order valence-electron chi connectivity index (χ0n) is 10.6. The quantitative estimate of drug-likeness (QED) is 0.857. The highest BCUT2D eigenvalue weighted by atomic mass is 32.2. The van der Waals surface area contributed by atoms with Gasteiger partial charge < -0.3 is 10.3 Å². The van der Waals surface area contributed by atoms with Crippen LogP contribution >= 0.6 is 0 Å². The Hall–Kier alpha value is -1.62. The van der Waals surface area contributed by atoms with Gasteiger partial charge in [-0.25, -0.2) is 4.98 Å². The van der Waals surface area contributed by atoms with Crippen LogP contribution in [0.2, 0.25) is 0 Å². The zero-order chi connectivity index (χ0) is 13.1. The van der Waals surface area contributed by atoms with Gasteiger partial charge in [-0.3, -0.25) is 4.21 Å². The molecule has 4 nitrogen and oxygen atoms in total. The van der Waals surface area contributed by atoms with Gasteiger partial charge in [0.1, 0.15) is 5.82 Å². The highest BCUT2D eigenvalue weighted by Gasteiger charge is 2.06. The maximum atomic E-state index is 12.2. The molecule has 1 atom stereocenters. The first-order valence-electron chi connectivity index (χ1n) is 5.80. The van der Waals surface area contributed by atoms with E-state index < -0.39 is 10.8 Å². The molecule has 96 valence electrons. The van der Waals surface area contributed by atoms with Gasteiger partial charge in [0, 0.05) is 35.3 Å². The lowest BCUT2D eigenvalue weighted by molar-refractivity contribution is 0.670. The molecule has 0 amide bonds. The van der Waals surface area contributed by atoms with Crippen LogP contribution in [0.4, 0.5) is 5.69 Å². The minimum Gasteiger partial charge on any atom is -0.399 e. The van der Waals surface area contributed by atoms with Crippen molar-refractivity contribution in [1.29, 1.82) is 0 Å². The average molecular weight is 263 g/mol. The Labute approximate surface area is 109 Å². The van der Waals surface area contributed by atoms with E-state index in [4.69, 9.17) is 5.73 Å². The second kappa shape index (κ2) is 5.35. The summed E-state index contributed by atoms with van der Waals surface area (Å²) in [5.41, 5.74) is 7.46. The molecule has 0 aliphatic carbocycles. The summed E-state index contributed by atoms with van der Waals surface area (Å²) in [6.45, 7) is 4.58. The molecule has 0 bridgehead atoms. The number of imidazole rings is 1. The third kappa shape index (κ3) is 2.79. The Kier molecular flexibility index (Phi) is 3.81. The monoisotopic (exact) mass is 263 g/mol. The summed E-state index contributed by atoms with van der Waals surface area (Å²) >= 11 is 0. The Morgan fingerprint density at radius 2 is 2.17 bits per heavy atom. The van der Waals surface area contributed by atoms with Gasteiger partial charge in [0.15, 0.2) is 0 Å². The van der Waals surface area contributed by atoms with Gasteiger partial charge in [-0.1, -0.05) is 0 Å². The number of anilines is 1. The maximum Gasteiger partial charge on any atom is 0.105 e. The van der Waals surface area contributed by atoms with Gasteiger partial charge in [0.25, 0.3) is 0 Å². The predicted octanol–water partition coefficient (Wildman–Crippen LogP) is 1.89. The Morgan fingerprint density at radius 1 is 1.39 bits per heavy atom. The van der Waals surface area contributed by atoms with Crippen molar-refractivity contribution < 1.29 is 4.21 Å². The fourth-order valence-electron chi connectivity index (χ4n) is 1.73. The number of nitrogen functional groups attached to an aromatic ring is 1. The van der Waals surface area contributed by atoms with Crippen molar-refractivity contribution in [2.45, 2.75) is 25.3 Å². The van der Waals surface area contributed by atoms with Gasteiger partial charge >= 0.3 is 0 Å². The van der Waals surface area contributed by atoms with Crippen LogP contribution in [0.1, 0.15) is 11.4 Å². The molecule has 0 aliphatic heterocycles. The van der Waals surface area contributed by atoms with Crippen LogP contribution in [0, 0.1) is 13.8 Å². The Morgan fingerprint density at radius 3 is 2.78 bits per heavy atom. The third-order valence-corrected chi connectivity index (χ3v) is 4.28. The van der Waals surface area contributed by atoms with Crippen LogP contribution in [0.25, 0.3) is 0 Å². The summed E-state index contributed by atoms with van der Waals surface area (Å²) in [7, 11) is -0.999. The van der Waals surface area contributed by atoms with Gasteiger partial charge in [0.05, 0.1) is 10.8 Å². The number of nitrogens with two attached hydrogens (primary N) is 1. The van der Waals surface area contributed by atoms with Crippen molar-refractivity contribution >= 4 is 16.5 Å². The molecule has 2 rings (SSSR count). The van der Waals surface area contributed by atoms with E-state index in [0.29, 0.717) is 12.3 Å². The third-order valence-electron chi connectivity index (χ3n) is 2.95. The van der Waals surface area contributed by atoms with E-state index in [1.54, 1.807) is 6.20 Å². The zero-order valence-corrected chi connectivity index (χ0v) is 11.4. The van der Waals surface area contributed by atoms with Crippen molar-refractivity contribution in [3.8, 4) is 0 Å². The number of benzene rings is 1. The Balaban J connectivity index is 2.04. The summed E-state index contributed by atoms with van der Waals surface area (Å²) in [5.74, 6) is 1.53. The largest absolute Gasteiger partial charge is 0.399 e. The molecule has 0 radical (unpaired) electrons. The summed E-state index contributed by atoms with van der Waals surface area (Å²) in [6.07, 6.45) is 3.66. The van der Waals surface area contributed by atoms with E-state index in [0.717, 1.165) is 22.0 Å². The molecule has 18 heavy (non-hydrogen) atoms. The van der Waals surface area contributed by atoms with Crippen molar-refractivity contribution in [2.75, 3.05) is 11.5 Å². The molecule has 1 heterocycles. The molecule has 2 aromatic rings. The molecule has 0 fully saturated rings. The summed E-state index contributed by atoms with van der Waals surface area (Å²) in [5, 5.41) is 0. The van der Waals surface area contributed by atoms with Crippen LogP contribution in [0.15, 0.2) is 35.5 Å². The summed E-state index contributed by atoms with van der Waals surface area (Å²) < 4.78 is 14.2. The van der Waals surface area contributed by atoms with Gasteiger partial charge in [-0.2, -0.15) is 0 Å². The molecule has 1 aromatic carbocycles. The van der Waals surface area contributed by atoms with Gasteiger partial charge in [0.2, 0.25) is 0 Å². The number of aryl methyl sites for hydroxylation is 3. The molecular weight excluding hydrogens is 246 g/mol. The van der Waals surface area contributed by atoms with Crippen molar-refractivity contribution in [1.82, 2.24) is 9.55 Å². The molecule has 5 heteroatoms. The first-order chi connectivity index (χ1) is 8.58. The minimum atomic E-state index is -0.999. The first kappa shape index (κ1) is 12.8. The lowest BCUT2D eigenvalue weighted by atomic mass is 10.2. The highest BCUT2D eigenvalue weighted by molar-refractivity contribution is 7.85. The molecule has 2 N–H and O–H groups in total. The van der Waals surface area contributed by atoms with Gasteiger partial charge in [-0.05, 0) is 37.6 Å². The molecular formula is C13H17N3OS. The predicted molar refractivity (Wildman–Crippen MR) is 73.8 cm³/mol. The number of rotatable bonds is 4. The molecule has 0 spiro atoms. The van der Waals surface area contributed by atoms with Crippen molar-refractivity contribution in [2.24, 2.45) is 0 Å². The normalized spacial score (nSPS) is 12.6. The number of hydrogen-bond donors (Lipinski definition) is 1. The smallest absolute Gasteiger partial charge is 0.105 e. The second-order valence-corrected chi connectivity index (χ2v) is 5.81. The van der Waals surface area contributed by atoms with Crippen LogP contribution in [0.5, 0.6) is 0 Å². The number of nitrogens with zero attached hydrogens (tertiary/aromatic N) is 2. The minimum absolute atomic E-state index is 0.584. The van der Waals surface area contributed by atoms with Crippen LogP contribution in [0.3, 0.4) is 0 Å². The molecule has 1 unspecified atom stereocenters. The Bertz CT molecular complexity index is 577. The number of aromatic nitrogens is 2. The van der Waals surface area contributed by atoms with E-state index in [1.807, 2.05) is 42.8 Å². The van der Waals surface area contributed by atoms with E-state index in [1.165, 1.54) is 0 Å². The topological polar surface area (TPSA) is 60.9 Å². The van der Waals surface area contributed by atoms with Crippen molar-refractivity contribution in [3.05, 3.63) is 42.0 Å². The molecule has 0 saturated carbocycles. The summed E-state index contributed by atoms with van der Waals surface area (Å²) in [6, 6.07) is 5.54. The summed E-state index contributed by atoms with van der Waals surface area (Å²) in [4.78, 5) is 4.97. The standard InChI is InChI=1S/C13H17N3OS/c1-10-9-12(3-4-13(10)14)18(17)8-7-16-6-5-15-11(16)2/h3-6,9H,7-8,14H2,1-2H3. The van der Waals surface area contributed by atoms with Gasteiger partial charge in [-0.15, -0.1) is 0 Å². The number of hydrogen-bond acceptors (Lipinski definition) is 3. The van der Waals surface area contributed by atoms with E-state index in [-0.39, 0.29) is 0 Å². The van der Waals surface area contributed by atoms with E-state index >= 15 is 0 Å².